The summed E-state index contributed by atoms with van der Waals surface area (Å²) in [7, 11) is 0. The van der Waals surface area contributed by atoms with Crippen LogP contribution in [0.15, 0.2) is 58.6 Å². The van der Waals surface area contributed by atoms with Gasteiger partial charge in [-0.1, -0.05) is 58.0 Å². The number of hydrogen-bond donors (Lipinski definition) is 1. The van der Waals surface area contributed by atoms with Crippen LogP contribution in [0.5, 0.6) is 0 Å². The van der Waals surface area contributed by atoms with Gasteiger partial charge in [0.2, 0.25) is 0 Å². The molecule has 1 aromatic heterocycles. The molecule has 0 atom stereocenters. The first-order chi connectivity index (χ1) is 9.13. The van der Waals surface area contributed by atoms with Gasteiger partial charge in [-0.2, -0.15) is 12.6 Å². The van der Waals surface area contributed by atoms with E-state index in [1.54, 1.807) is 11.7 Å². The van der Waals surface area contributed by atoms with Gasteiger partial charge >= 0.3 is 0 Å². The van der Waals surface area contributed by atoms with Crippen LogP contribution in [0.3, 0.4) is 0 Å². The van der Waals surface area contributed by atoms with Crippen molar-refractivity contribution in [1.29, 1.82) is 0 Å². The molecule has 2 aromatic rings. The predicted molar refractivity (Wildman–Crippen MR) is 86.6 cm³/mol. The summed E-state index contributed by atoms with van der Waals surface area (Å²) in [6, 6.07) is 12.3. The lowest BCUT2D eigenvalue weighted by molar-refractivity contribution is 0.582. The molecule has 1 nitrogen and oxygen atoms in total. The molecule has 0 bridgehead atoms. The van der Waals surface area contributed by atoms with Crippen LogP contribution in [0.4, 0.5) is 0 Å². The van der Waals surface area contributed by atoms with Crippen LogP contribution < -0.4 is 0 Å². The van der Waals surface area contributed by atoms with Crippen molar-refractivity contribution in [2.45, 2.75) is 33.1 Å². The first-order valence-electron chi connectivity index (χ1n) is 6.60. The standard InChI is InChI=1S/C15H16OS.C2H6/c1-15(2,9-11-17)13-7-5-12(6-8-13)14-4-3-10-16-14;1-2/h3-11,17H,1-2H3;1-2H3/b11-9+;. The summed E-state index contributed by atoms with van der Waals surface area (Å²) in [4.78, 5) is 0. The number of benzene rings is 1. The molecule has 0 aliphatic heterocycles. The van der Waals surface area contributed by atoms with Gasteiger partial charge in [0.15, 0.2) is 0 Å². The van der Waals surface area contributed by atoms with Crippen LogP contribution in [-0.4, -0.2) is 0 Å². The summed E-state index contributed by atoms with van der Waals surface area (Å²) in [5.74, 6) is 0.902. The minimum atomic E-state index is 0.00342. The maximum absolute atomic E-state index is 5.37. The molecular formula is C17H22OS. The van der Waals surface area contributed by atoms with Crippen LogP contribution in [0, 0.1) is 0 Å². The Hall–Kier alpha value is -1.41. The maximum atomic E-state index is 5.37. The van der Waals surface area contributed by atoms with Gasteiger partial charge in [-0.05, 0) is 23.1 Å². The fourth-order valence-corrected chi connectivity index (χ4v) is 2.16. The van der Waals surface area contributed by atoms with Gasteiger partial charge in [-0.3, -0.25) is 0 Å². The van der Waals surface area contributed by atoms with Crippen molar-refractivity contribution in [2.75, 3.05) is 0 Å². The summed E-state index contributed by atoms with van der Waals surface area (Å²) in [6.07, 6.45) is 3.77. The summed E-state index contributed by atoms with van der Waals surface area (Å²) in [5, 5.41) is 1.79. The van der Waals surface area contributed by atoms with Gasteiger partial charge in [-0.15, -0.1) is 0 Å². The smallest absolute Gasteiger partial charge is 0.133 e. The Morgan fingerprint density at radius 2 is 1.68 bits per heavy atom. The third kappa shape index (κ3) is 4.03. The molecule has 0 saturated heterocycles. The monoisotopic (exact) mass is 274 g/mol. The highest BCUT2D eigenvalue weighted by molar-refractivity contribution is 7.83. The van der Waals surface area contributed by atoms with Gasteiger partial charge in [0, 0.05) is 11.0 Å². The van der Waals surface area contributed by atoms with E-state index in [1.807, 2.05) is 26.0 Å². The first kappa shape index (κ1) is 15.6. The van der Waals surface area contributed by atoms with Gasteiger partial charge in [0.05, 0.1) is 6.26 Å². The predicted octanol–water partition coefficient (Wildman–Crippen LogP) is 5.69. The van der Waals surface area contributed by atoms with E-state index in [-0.39, 0.29) is 5.41 Å². The van der Waals surface area contributed by atoms with Crippen LogP contribution in [0.25, 0.3) is 11.3 Å². The maximum Gasteiger partial charge on any atom is 0.133 e. The van der Waals surface area contributed by atoms with E-state index in [4.69, 9.17) is 4.42 Å². The van der Waals surface area contributed by atoms with Crippen molar-refractivity contribution in [2.24, 2.45) is 0 Å². The molecule has 0 spiro atoms. The molecule has 102 valence electrons. The van der Waals surface area contributed by atoms with Crippen molar-refractivity contribution in [3.8, 4) is 11.3 Å². The summed E-state index contributed by atoms with van der Waals surface area (Å²) < 4.78 is 5.37. The van der Waals surface area contributed by atoms with E-state index in [9.17, 15) is 0 Å². The van der Waals surface area contributed by atoms with Crippen molar-refractivity contribution in [3.05, 3.63) is 59.7 Å². The second-order valence-corrected chi connectivity index (χ2v) is 4.89. The van der Waals surface area contributed by atoms with E-state index in [0.29, 0.717) is 0 Å². The SMILES string of the molecule is CC.CC(C)(/C=C/S)c1ccc(-c2ccco2)cc1. The van der Waals surface area contributed by atoms with E-state index in [2.05, 4.69) is 56.8 Å². The zero-order chi connectivity index (χ0) is 14.3. The van der Waals surface area contributed by atoms with Crippen LogP contribution in [0.2, 0.25) is 0 Å². The number of allylic oxidation sites excluding steroid dienone is 1. The molecule has 2 heteroatoms. The van der Waals surface area contributed by atoms with E-state index in [1.165, 1.54) is 5.56 Å². The molecule has 0 radical (unpaired) electrons. The Kier molecular flexibility index (Phi) is 5.97. The Morgan fingerprint density at radius 1 is 1.05 bits per heavy atom. The zero-order valence-corrected chi connectivity index (χ0v) is 12.9. The number of hydrogen-bond acceptors (Lipinski definition) is 2. The van der Waals surface area contributed by atoms with Crippen molar-refractivity contribution in [3.63, 3.8) is 0 Å². The minimum Gasteiger partial charge on any atom is -0.464 e. The van der Waals surface area contributed by atoms with Gasteiger partial charge < -0.3 is 4.42 Å². The largest absolute Gasteiger partial charge is 0.464 e. The van der Waals surface area contributed by atoms with E-state index < -0.39 is 0 Å². The second kappa shape index (κ2) is 7.25. The lowest BCUT2D eigenvalue weighted by Gasteiger charge is -2.20. The molecule has 0 aliphatic rings. The quantitative estimate of drug-likeness (QED) is 0.709. The van der Waals surface area contributed by atoms with Crippen LogP contribution >= 0.6 is 12.6 Å². The van der Waals surface area contributed by atoms with E-state index >= 15 is 0 Å². The third-order valence-corrected chi connectivity index (χ3v) is 3.07. The molecule has 0 fully saturated rings. The summed E-state index contributed by atoms with van der Waals surface area (Å²) in [6.45, 7) is 8.34. The number of furan rings is 1. The number of rotatable bonds is 3. The molecular weight excluding hydrogens is 252 g/mol. The number of thiol groups is 1. The average Bonchev–Trinajstić information content (AvgIpc) is 2.95. The average molecular weight is 274 g/mol. The van der Waals surface area contributed by atoms with Gasteiger partial charge in [-0.25, -0.2) is 0 Å². The molecule has 1 aromatic carbocycles. The lowest BCUT2D eigenvalue weighted by atomic mass is 9.84. The summed E-state index contributed by atoms with van der Waals surface area (Å²) >= 11 is 4.14. The van der Waals surface area contributed by atoms with Crippen molar-refractivity contribution in [1.82, 2.24) is 0 Å². The highest BCUT2D eigenvalue weighted by Gasteiger charge is 2.16. The van der Waals surface area contributed by atoms with Crippen molar-refractivity contribution < 1.29 is 4.42 Å². The molecule has 0 aliphatic carbocycles. The van der Waals surface area contributed by atoms with E-state index in [0.717, 1.165) is 11.3 Å². The van der Waals surface area contributed by atoms with Gasteiger partial charge in [0.1, 0.15) is 5.76 Å². The molecule has 0 unspecified atom stereocenters. The van der Waals surface area contributed by atoms with Crippen LogP contribution in [-0.2, 0) is 5.41 Å². The molecule has 0 amide bonds. The summed E-state index contributed by atoms with van der Waals surface area (Å²) in [5.41, 5.74) is 2.37. The molecule has 0 saturated carbocycles. The Balaban J connectivity index is 0.000000861. The second-order valence-electron chi connectivity index (χ2n) is 4.59. The van der Waals surface area contributed by atoms with Crippen LogP contribution in [0.1, 0.15) is 33.3 Å². The molecule has 0 N–H and O–H groups in total. The third-order valence-electron chi connectivity index (χ3n) is 2.93. The van der Waals surface area contributed by atoms with Gasteiger partial charge in [0.25, 0.3) is 0 Å². The molecule has 1 heterocycles. The lowest BCUT2D eigenvalue weighted by Crippen LogP contribution is -2.12. The topological polar surface area (TPSA) is 13.1 Å². The Labute approximate surface area is 121 Å². The fourth-order valence-electron chi connectivity index (χ4n) is 1.79. The Bertz CT molecular complexity index is 493. The Morgan fingerprint density at radius 3 is 2.16 bits per heavy atom. The highest BCUT2D eigenvalue weighted by atomic mass is 32.1. The highest BCUT2D eigenvalue weighted by Crippen LogP contribution is 2.28. The van der Waals surface area contributed by atoms with Crippen molar-refractivity contribution >= 4 is 12.6 Å². The fraction of sp³-hybridized carbons (Fsp3) is 0.294. The zero-order valence-electron chi connectivity index (χ0n) is 12.1. The molecule has 19 heavy (non-hydrogen) atoms. The minimum absolute atomic E-state index is 0.00342. The molecule has 2 rings (SSSR count). The first-order valence-corrected chi connectivity index (χ1v) is 7.11. The normalized spacial score (nSPS) is 11.2.